The van der Waals surface area contributed by atoms with E-state index in [1.54, 1.807) is 14.2 Å². The zero-order valence-electron chi connectivity index (χ0n) is 13.1. The number of rotatable bonds is 4. The van der Waals surface area contributed by atoms with Gasteiger partial charge in [-0.1, -0.05) is 35.9 Å². The maximum Gasteiger partial charge on any atom is 0.118 e. The van der Waals surface area contributed by atoms with Gasteiger partial charge in [0.25, 0.3) is 0 Å². The zero-order chi connectivity index (χ0) is 15.9. The summed E-state index contributed by atoms with van der Waals surface area (Å²) in [5.74, 6) is 1.85. The highest BCUT2D eigenvalue weighted by Crippen LogP contribution is 2.95. The van der Waals surface area contributed by atoms with Gasteiger partial charge in [0, 0.05) is 0 Å². The van der Waals surface area contributed by atoms with Crippen LogP contribution in [0.25, 0.3) is 0 Å². The Bertz CT molecular complexity index is 518. The van der Waals surface area contributed by atoms with Gasteiger partial charge in [-0.05, 0) is 59.1 Å². The van der Waals surface area contributed by atoms with Crippen LogP contribution in [-0.2, 0) is 0 Å². The molecule has 22 heavy (non-hydrogen) atoms. The van der Waals surface area contributed by atoms with Gasteiger partial charge >= 0.3 is 0 Å². The minimum Gasteiger partial charge on any atom is -0.497 e. The predicted octanol–water partition coefficient (Wildman–Crippen LogP) is 5.78. The molecule has 0 atom stereocenters. The van der Waals surface area contributed by atoms with Crippen LogP contribution in [0.4, 0.5) is 0 Å². The molecule has 0 bridgehead atoms. The molecule has 1 fully saturated rings. The molecule has 2 nitrogen and oxygen atoms in total. The third-order valence-corrected chi connectivity index (χ3v) is 21.7. The quantitative estimate of drug-likeness (QED) is 0.634. The number of hydrogen-bond acceptors (Lipinski definition) is 4. The smallest absolute Gasteiger partial charge is 0.118 e. The Morgan fingerprint density at radius 1 is 0.636 bits per heavy atom. The molecule has 1 heterocycles. The molecule has 1 aliphatic rings. The van der Waals surface area contributed by atoms with Crippen molar-refractivity contribution in [2.45, 2.75) is 13.8 Å². The fourth-order valence-electron chi connectivity index (χ4n) is 1.74. The number of benzene rings is 2. The molecule has 1 aliphatic heterocycles. The van der Waals surface area contributed by atoms with Crippen molar-refractivity contribution in [2.24, 2.45) is 0 Å². The van der Waals surface area contributed by atoms with E-state index in [-0.39, 0.29) is 12.7 Å². The van der Waals surface area contributed by atoms with E-state index < -0.39 is 0 Å². The van der Waals surface area contributed by atoms with Crippen LogP contribution in [-0.4, -0.2) is 14.2 Å². The number of ether oxygens (including phenoxy) is 2. The van der Waals surface area contributed by atoms with Gasteiger partial charge < -0.3 is 9.47 Å². The highest BCUT2D eigenvalue weighted by molar-refractivity contribution is 9.37. The van der Waals surface area contributed by atoms with Crippen LogP contribution >= 0.6 is 34.7 Å². The molecule has 0 N–H and O–H groups in total. The molecule has 6 heteroatoms. The topological polar surface area (TPSA) is 18.5 Å². The molecule has 0 aromatic heterocycles. The van der Waals surface area contributed by atoms with Gasteiger partial charge in [-0.25, -0.2) is 0 Å². The fraction of sp³-hybridized carbons (Fsp3) is 0.250. The molecule has 0 aliphatic carbocycles. The fourth-order valence-corrected chi connectivity index (χ4v) is 17.9. The molecule has 1 saturated heterocycles. The average molecular weight is 370 g/mol. The van der Waals surface area contributed by atoms with Crippen molar-refractivity contribution in [3.63, 3.8) is 0 Å². The van der Waals surface area contributed by atoms with Crippen LogP contribution in [0.15, 0.2) is 48.5 Å². The maximum absolute atomic E-state index is 5.20. The summed E-state index contributed by atoms with van der Waals surface area (Å²) < 4.78 is 10.4. The van der Waals surface area contributed by atoms with E-state index in [4.69, 9.17) is 9.47 Å². The molecule has 2 aromatic rings. The summed E-state index contributed by atoms with van der Waals surface area (Å²) in [6.45, 7) is 4.00. The van der Waals surface area contributed by atoms with E-state index in [1.165, 1.54) is 10.6 Å². The van der Waals surface area contributed by atoms with Crippen LogP contribution in [0.2, 0.25) is 0 Å². The standard InChI is InChI=1S/C14H14O2P2S2.C2H6/c1-15-11-3-7-13(8-4-11)17-19-18(20-17)14-9-5-12(16-2)6-10-14;1-2/h3-10H,1-2H3;1-2H3. The zero-order valence-corrected chi connectivity index (χ0v) is 16.6. The molecule has 3 rings (SSSR count). The first kappa shape index (κ1) is 17.9. The number of hydrogen-bond donors (Lipinski definition) is 0. The van der Waals surface area contributed by atoms with Crippen molar-refractivity contribution < 1.29 is 9.47 Å². The number of methoxy groups -OCH3 is 2. The van der Waals surface area contributed by atoms with Crippen LogP contribution in [0.3, 0.4) is 0 Å². The molecule has 118 valence electrons. The summed E-state index contributed by atoms with van der Waals surface area (Å²) in [6.07, 6.45) is -0.218. The van der Waals surface area contributed by atoms with E-state index in [0.29, 0.717) is 0 Å². The molecule has 0 amide bonds. The molecule has 2 aromatic carbocycles. The van der Waals surface area contributed by atoms with E-state index in [9.17, 15) is 0 Å². The van der Waals surface area contributed by atoms with Crippen molar-refractivity contribution in [1.82, 2.24) is 0 Å². The van der Waals surface area contributed by atoms with Gasteiger partial charge in [0.2, 0.25) is 0 Å². The van der Waals surface area contributed by atoms with Gasteiger partial charge in [-0.2, -0.15) is 0 Å². The van der Waals surface area contributed by atoms with Crippen molar-refractivity contribution in [3.8, 4) is 11.5 Å². The van der Waals surface area contributed by atoms with Gasteiger partial charge in [0.05, 0.1) is 26.9 Å². The monoisotopic (exact) mass is 370 g/mol. The van der Waals surface area contributed by atoms with E-state index in [2.05, 4.69) is 46.3 Å². The Morgan fingerprint density at radius 2 is 0.955 bits per heavy atom. The Morgan fingerprint density at radius 3 is 1.23 bits per heavy atom. The Kier molecular flexibility index (Phi) is 7.37. The molecule has 0 spiro atoms. The second kappa shape index (κ2) is 9.03. The lowest BCUT2D eigenvalue weighted by Gasteiger charge is -2.33. The van der Waals surface area contributed by atoms with Gasteiger partial charge in [-0.15, -0.1) is 0 Å². The minimum absolute atomic E-state index is 0.109. The molecular formula is C16H20O2P2S2. The molecular weight excluding hydrogens is 350 g/mol. The first-order valence-electron chi connectivity index (χ1n) is 7.04. The average Bonchev–Trinajstić information content (AvgIpc) is 2.56. The van der Waals surface area contributed by atoms with E-state index in [0.717, 1.165) is 11.5 Å². The van der Waals surface area contributed by atoms with Gasteiger partial charge in [0.1, 0.15) is 11.5 Å². The second-order valence-corrected chi connectivity index (χ2v) is 16.1. The first-order chi connectivity index (χ1) is 10.8. The second-order valence-electron chi connectivity index (χ2n) is 4.07. The first-order valence-corrected chi connectivity index (χ1v) is 13.8. The summed E-state index contributed by atoms with van der Waals surface area (Å²) in [7, 11) is 3.41. The third-order valence-electron chi connectivity index (χ3n) is 2.86. The molecule has 0 saturated carbocycles. The van der Waals surface area contributed by atoms with Crippen LogP contribution in [0.5, 0.6) is 11.5 Å². The van der Waals surface area contributed by atoms with Crippen molar-refractivity contribution in [3.05, 3.63) is 48.5 Å². The van der Waals surface area contributed by atoms with Crippen molar-refractivity contribution >= 4 is 45.3 Å². The predicted molar refractivity (Wildman–Crippen MR) is 106 cm³/mol. The third kappa shape index (κ3) is 4.32. The van der Waals surface area contributed by atoms with Crippen LogP contribution in [0, 0.1) is 0 Å². The van der Waals surface area contributed by atoms with E-state index in [1.807, 2.05) is 38.1 Å². The summed E-state index contributed by atoms with van der Waals surface area (Å²) in [5.41, 5.74) is 0. The SMILES string of the molecule is CC.COc1ccc(P2SP(c3ccc(OC)cc3)S2)cc1. The van der Waals surface area contributed by atoms with Crippen molar-refractivity contribution in [1.29, 1.82) is 0 Å². The van der Waals surface area contributed by atoms with E-state index >= 15 is 0 Å². The Hall–Kier alpha value is -0.400. The largest absolute Gasteiger partial charge is 0.497 e. The van der Waals surface area contributed by atoms with Crippen LogP contribution in [0.1, 0.15) is 13.8 Å². The summed E-state index contributed by atoms with van der Waals surface area (Å²) in [4.78, 5) is 0. The summed E-state index contributed by atoms with van der Waals surface area (Å²) in [6, 6.07) is 16.9. The summed E-state index contributed by atoms with van der Waals surface area (Å²) >= 11 is 4.24. The van der Waals surface area contributed by atoms with Crippen LogP contribution < -0.4 is 20.1 Å². The Labute approximate surface area is 142 Å². The lowest BCUT2D eigenvalue weighted by molar-refractivity contribution is 0.415. The maximum atomic E-state index is 5.20. The normalized spacial score (nSPS) is 19.5. The van der Waals surface area contributed by atoms with Crippen molar-refractivity contribution in [2.75, 3.05) is 14.2 Å². The summed E-state index contributed by atoms with van der Waals surface area (Å²) in [5, 5.41) is 2.87. The van der Waals surface area contributed by atoms with Gasteiger partial charge in [0.15, 0.2) is 0 Å². The molecule has 0 radical (unpaired) electrons. The Balaban J connectivity index is 0.000000847. The highest BCUT2D eigenvalue weighted by Gasteiger charge is 2.33. The lowest BCUT2D eigenvalue weighted by Crippen LogP contribution is -2.03. The highest BCUT2D eigenvalue weighted by atomic mass is 33.6. The van der Waals surface area contributed by atoms with Gasteiger partial charge in [-0.3, -0.25) is 0 Å². The minimum atomic E-state index is -0.109. The molecule has 0 unspecified atom stereocenters. The lowest BCUT2D eigenvalue weighted by atomic mass is 10.3.